The van der Waals surface area contributed by atoms with E-state index in [1.54, 1.807) is 17.8 Å². The van der Waals surface area contributed by atoms with Crippen LogP contribution in [0.25, 0.3) is 0 Å². The molecule has 1 nitrogen and oxygen atoms in total. The van der Waals surface area contributed by atoms with Gasteiger partial charge in [-0.2, -0.15) is 0 Å². The summed E-state index contributed by atoms with van der Waals surface area (Å²) in [4.78, 5) is 0.993. The minimum atomic E-state index is -0.278. The molecule has 1 aromatic rings. The topological polar surface area (TPSA) is 12.0 Å². The van der Waals surface area contributed by atoms with Crippen LogP contribution in [0.4, 0.5) is 10.1 Å². The van der Waals surface area contributed by atoms with E-state index in [-0.39, 0.29) is 5.82 Å². The Kier molecular flexibility index (Phi) is 1.74. The van der Waals surface area contributed by atoms with Gasteiger partial charge in [0, 0.05) is 28.9 Å². The molecule has 0 fully saturated rings. The highest BCUT2D eigenvalue weighted by atomic mass is 32.2. The smallest absolute Gasteiger partial charge is 0.132 e. The van der Waals surface area contributed by atoms with Gasteiger partial charge in [-0.3, -0.25) is 0 Å². The lowest BCUT2D eigenvalue weighted by molar-refractivity contribution is 0.622. The third-order valence-electron chi connectivity index (χ3n) is 1.55. The molecule has 0 aromatic heterocycles. The van der Waals surface area contributed by atoms with Gasteiger partial charge in [0.15, 0.2) is 0 Å². The van der Waals surface area contributed by atoms with Crippen molar-refractivity contribution < 1.29 is 4.39 Å². The zero-order chi connectivity index (χ0) is 7.68. The molecule has 3 heteroatoms. The minimum Gasteiger partial charge on any atom is -0.383 e. The maximum Gasteiger partial charge on any atom is 0.132 e. The Morgan fingerprint density at radius 3 is 3.45 bits per heavy atom. The van der Waals surface area contributed by atoms with Crippen LogP contribution in [0.1, 0.15) is 0 Å². The van der Waals surface area contributed by atoms with Crippen molar-refractivity contribution in [1.82, 2.24) is 0 Å². The fourth-order valence-corrected chi connectivity index (χ4v) is 1.95. The van der Waals surface area contributed by atoms with Crippen LogP contribution >= 0.6 is 11.8 Å². The van der Waals surface area contributed by atoms with Gasteiger partial charge in [-0.15, -0.1) is 11.8 Å². The SMILES string of the molecule is Fc1[c]cc2c(c1)SCCN2. The van der Waals surface area contributed by atoms with Gasteiger partial charge in [0.25, 0.3) is 0 Å². The van der Waals surface area contributed by atoms with Gasteiger partial charge < -0.3 is 5.32 Å². The van der Waals surface area contributed by atoms with Crippen molar-refractivity contribution in [3.8, 4) is 0 Å². The largest absolute Gasteiger partial charge is 0.383 e. The van der Waals surface area contributed by atoms with Gasteiger partial charge in [0.05, 0.1) is 0 Å². The summed E-state index contributed by atoms with van der Waals surface area (Å²) >= 11 is 1.68. The van der Waals surface area contributed by atoms with E-state index in [2.05, 4.69) is 11.4 Å². The lowest BCUT2D eigenvalue weighted by atomic mass is 10.3. The van der Waals surface area contributed by atoms with Crippen LogP contribution in [0.3, 0.4) is 0 Å². The van der Waals surface area contributed by atoms with Gasteiger partial charge in [-0.25, -0.2) is 4.39 Å². The average Bonchev–Trinajstić information content (AvgIpc) is 2.04. The van der Waals surface area contributed by atoms with Gasteiger partial charge in [0.2, 0.25) is 0 Å². The van der Waals surface area contributed by atoms with E-state index in [1.165, 1.54) is 6.07 Å². The van der Waals surface area contributed by atoms with Crippen molar-refractivity contribution in [2.75, 3.05) is 17.6 Å². The molecule has 0 spiro atoms. The molecular formula is C8H7FNS. The first kappa shape index (κ1) is 6.98. The molecule has 1 N–H and O–H groups in total. The van der Waals surface area contributed by atoms with Crippen molar-refractivity contribution in [3.63, 3.8) is 0 Å². The van der Waals surface area contributed by atoms with Crippen LogP contribution in [-0.2, 0) is 0 Å². The third-order valence-corrected chi connectivity index (χ3v) is 2.61. The number of anilines is 1. The third kappa shape index (κ3) is 1.33. The Labute approximate surface area is 69.0 Å². The molecule has 11 heavy (non-hydrogen) atoms. The fourth-order valence-electron chi connectivity index (χ4n) is 1.05. The molecule has 1 aliphatic heterocycles. The van der Waals surface area contributed by atoms with E-state index in [0.717, 1.165) is 22.9 Å². The van der Waals surface area contributed by atoms with E-state index in [0.29, 0.717) is 0 Å². The highest BCUT2D eigenvalue weighted by molar-refractivity contribution is 7.99. The number of hydrogen-bond donors (Lipinski definition) is 1. The van der Waals surface area contributed by atoms with Crippen LogP contribution in [0.5, 0.6) is 0 Å². The van der Waals surface area contributed by atoms with Crippen molar-refractivity contribution in [1.29, 1.82) is 0 Å². The number of halogens is 1. The van der Waals surface area contributed by atoms with E-state index < -0.39 is 0 Å². The van der Waals surface area contributed by atoms with Crippen LogP contribution < -0.4 is 5.32 Å². The molecule has 1 aromatic carbocycles. The molecule has 2 rings (SSSR count). The summed E-state index contributed by atoms with van der Waals surface area (Å²) in [5, 5.41) is 3.17. The summed E-state index contributed by atoms with van der Waals surface area (Å²) in [6.45, 7) is 0.955. The summed E-state index contributed by atoms with van der Waals surface area (Å²) in [6, 6.07) is 5.70. The predicted molar refractivity (Wildman–Crippen MR) is 44.4 cm³/mol. The zero-order valence-electron chi connectivity index (χ0n) is 5.86. The van der Waals surface area contributed by atoms with Crippen molar-refractivity contribution in [2.45, 2.75) is 4.90 Å². The summed E-state index contributed by atoms with van der Waals surface area (Å²) in [5.41, 5.74) is 1.00. The molecule has 0 saturated heterocycles. The molecule has 57 valence electrons. The number of benzene rings is 1. The molecule has 1 radical (unpaired) electrons. The maximum absolute atomic E-state index is 12.6. The van der Waals surface area contributed by atoms with Crippen molar-refractivity contribution in [2.24, 2.45) is 0 Å². The van der Waals surface area contributed by atoms with E-state index in [1.807, 2.05) is 0 Å². The monoisotopic (exact) mass is 168 g/mol. The number of fused-ring (bicyclic) bond motifs is 1. The van der Waals surface area contributed by atoms with Crippen molar-refractivity contribution in [3.05, 3.63) is 24.0 Å². The number of thioether (sulfide) groups is 1. The Morgan fingerprint density at radius 1 is 1.64 bits per heavy atom. The zero-order valence-corrected chi connectivity index (χ0v) is 6.67. The average molecular weight is 168 g/mol. The second-order valence-electron chi connectivity index (χ2n) is 2.33. The Morgan fingerprint density at radius 2 is 2.55 bits per heavy atom. The molecule has 0 atom stereocenters. The second-order valence-corrected chi connectivity index (χ2v) is 3.47. The number of hydrogen-bond acceptors (Lipinski definition) is 2. The van der Waals surface area contributed by atoms with E-state index in [4.69, 9.17) is 0 Å². The van der Waals surface area contributed by atoms with E-state index in [9.17, 15) is 4.39 Å². The molecular weight excluding hydrogens is 161 g/mol. The molecule has 0 aliphatic carbocycles. The summed E-state index contributed by atoms with van der Waals surface area (Å²) in [7, 11) is 0. The van der Waals surface area contributed by atoms with Crippen molar-refractivity contribution >= 4 is 17.4 Å². The molecule has 0 saturated carbocycles. The fraction of sp³-hybridized carbons (Fsp3) is 0.250. The Balaban J connectivity index is 2.43. The lowest BCUT2D eigenvalue weighted by Crippen LogP contribution is -2.09. The molecule has 0 unspecified atom stereocenters. The summed E-state index contributed by atoms with van der Waals surface area (Å²) in [5.74, 6) is 0.733. The second kappa shape index (κ2) is 2.74. The molecule has 1 aliphatic rings. The lowest BCUT2D eigenvalue weighted by Gasteiger charge is -2.16. The van der Waals surface area contributed by atoms with Gasteiger partial charge >= 0.3 is 0 Å². The first-order chi connectivity index (χ1) is 5.36. The Bertz CT molecular complexity index is 275. The molecule has 0 amide bonds. The standard InChI is InChI=1S/C8H7FNS/c9-6-1-2-7-8(5-6)11-4-3-10-7/h2,5,10H,3-4H2. The van der Waals surface area contributed by atoms with Crippen LogP contribution in [-0.4, -0.2) is 12.3 Å². The first-order valence-electron chi connectivity index (χ1n) is 3.44. The number of nitrogens with one attached hydrogen (secondary N) is 1. The summed E-state index contributed by atoms with van der Waals surface area (Å²) in [6.07, 6.45) is 0. The predicted octanol–water partition coefficient (Wildman–Crippen LogP) is 2.14. The van der Waals surface area contributed by atoms with Gasteiger partial charge in [-0.1, -0.05) is 0 Å². The quantitative estimate of drug-likeness (QED) is 0.637. The highest BCUT2D eigenvalue weighted by Crippen LogP contribution is 2.30. The number of rotatable bonds is 0. The highest BCUT2D eigenvalue weighted by Gasteiger charge is 2.08. The first-order valence-corrected chi connectivity index (χ1v) is 4.43. The molecule has 1 heterocycles. The molecule has 0 bridgehead atoms. The van der Waals surface area contributed by atoms with Crippen LogP contribution in [0.15, 0.2) is 17.0 Å². The Hall–Kier alpha value is -0.700. The minimum absolute atomic E-state index is 0.278. The van der Waals surface area contributed by atoms with Crippen LogP contribution in [0.2, 0.25) is 0 Å². The van der Waals surface area contributed by atoms with E-state index >= 15 is 0 Å². The summed E-state index contributed by atoms with van der Waals surface area (Å²) < 4.78 is 12.6. The van der Waals surface area contributed by atoms with Crippen LogP contribution in [0, 0.1) is 11.9 Å². The maximum atomic E-state index is 12.6. The van der Waals surface area contributed by atoms with Gasteiger partial charge in [0.1, 0.15) is 5.82 Å². The van der Waals surface area contributed by atoms with Gasteiger partial charge in [-0.05, 0) is 12.1 Å². The normalized spacial score (nSPS) is 15.4.